The fourth-order valence-corrected chi connectivity index (χ4v) is 17.1. The quantitative estimate of drug-likeness (QED) is 0.0273. The van der Waals surface area contributed by atoms with Gasteiger partial charge in [-0.05, 0) is 173 Å². The predicted molar refractivity (Wildman–Crippen MR) is 346 cm³/mol. The molecule has 0 bridgehead atoms. The molecule has 498 valence electrons. The van der Waals surface area contributed by atoms with Crippen LogP contribution in [0.2, 0.25) is 10.0 Å². The van der Waals surface area contributed by atoms with Crippen LogP contribution in [-0.4, -0.2) is 190 Å². The number of rotatable bonds is 31. The fourth-order valence-electron chi connectivity index (χ4n) is 13.8. The Balaban J connectivity index is 0.531. The molecule has 2 amide bonds. The Kier molecular flexibility index (Phi) is 24.6. The number of carbonyl (C=O) groups excluding carboxylic acids is 2. The van der Waals surface area contributed by atoms with E-state index in [0.717, 1.165) is 119 Å². The number of fused-ring (bicyclic) bond motifs is 2. The molecule has 26 heteroatoms. The van der Waals surface area contributed by atoms with E-state index in [1.54, 1.807) is 24.3 Å². The molecular formula is C66H84Cl2F2N10O10S2. The summed E-state index contributed by atoms with van der Waals surface area (Å²) in [6.07, 6.45) is 8.15. The maximum Gasteiger partial charge on any atom is 0.314 e. The summed E-state index contributed by atoms with van der Waals surface area (Å²) in [5, 5.41) is 19.6. The van der Waals surface area contributed by atoms with Crippen LogP contribution < -0.4 is 30.1 Å². The number of sulfonamides is 1. The maximum atomic E-state index is 15.8. The average molecular weight is 1350 g/mol. The molecule has 92 heavy (non-hydrogen) atoms. The first-order valence-electron chi connectivity index (χ1n) is 32.4. The average Bonchev–Trinajstić information content (AvgIpc) is 1.61. The topological polar surface area (TPSA) is 229 Å². The predicted octanol–water partition coefficient (Wildman–Crippen LogP) is 8.57. The van der Waals surface area contributed by atoms with Crippen molar-refractivity contribution >= 4 is 60.6 Å². The number of ether oxygens (including phenoxy) is 4. The number of piperidine rings is 1. The van der Waals surface area contributed by atoms with E-state index in [-0.39, 0.29) is 62.9 Å². The monoisotopic (exact) mass is 1350 g/mol. The van der Waals surface area contributed by atoms with Gasteiger partial charge in [0.1, 0.15) is 18.0 Å². The molecule has 4 heterocycles. The van der Waals surface area contributed by atoms with Gasteiger partial charge in [-0.15, -0.1) is 0 Å². The van der Waals surface area contributed by atoms with Crippen LogP contribution >= 0.6 is 23.2 Å². The van der Waals surface area contributed by atoms with Crippen LogP contribution in [-0.2, 0) is 47.0 Å². The molecule has 4 saturated heterocycles. The maximum absolute atomic E-state index is 15.8. The second-order valence-electron chi connectivity index (χ2n) is 24.9. The highest BCUT2D eigenvalue weighted by Crippen LogP contribution is 2.46. The van der Waals surface area contributed by atoms with Crippen molar-refractivity contribution < 1.29 is 54.2 Å². The lowest BCUT2D eigenvalue weighted by Crippen LogP contribution is -2.50. The molecule has 0 radical (unpaired) electrons. The van der Waals surface area contributed by atoms with Crippen molar-refractivity contribution in [1.82, 2.24) is 40.3 Å². The minimum atomic E-state index is -4.06. The molecule has 20 nitrogen and oxygen atoms in total. The van der Waals surface area contributed by atoms with Crippen LogP contribution in [0.15, 0.2) is 70.5 Å². The molecule has 4 aromatic carbocycles. The van der Waals surface area contributed by atoms with Gasteiger partial charge in [0.25, 0.3) is 0 Å². The summed E-state index contributed by atoms with van der Waals surface area (Å²) in [6.45, 7) is 18.6. The van der Waals surface area contributed by atoms with Gasteiger partial charge in [-0.3, -0.25) is 19.5 Å². The van der Waals surface area contributed by atoms with Crippen molar-refractivity contribution in [3.05, 3.63) is 122 Å². The van der Waals surface area contributed by atoms with Gasteiger partial charge in [-0.2, -0.15) is 5.26 Å². The summed E-state index contributed by atoms with van der Waals surface area (Å²) >= 11 is 12.8. The number of piperazine rings is 1. The molecule has 4 N–H and O–H groups in total. The molecule has 4 aromatic rings. The van der Waals surface area contributed by atoms with Gasteiger partial charge < -0.3 is 39.8 Å². The van der Waals surface area contributed by atoms with E-state index >= 15 is 8.78 Å². The number of benzene rings is 4. The number of nitrogens with one attached hydrogen (secondary N) is 4. The molecule has 0 spiro atoms. The highest BCUT2D eigenvalue weighted by Gasteiger charge is 2.43. The second-order valence-corrected chi connectivity index (χ2v) is 29.5. The van der Waals surface area contributed by atoms with Crippen molar-refractivity contribution in [1.29, 1.82) is 5.26 Å². The normalized spacial score (nSPS) is 22.2. The summed E-state index contributed by atoms with van der Waals surface area (Å²) in [5.41, 5.74) is 4.11. The Morgan fingerprint density at radius 1 is 0.685 bits per heavy atom. The third-order valence-corrected chi connectivity index (χ3v) is 22.4. The number of likely N-dealkylation sites (tertiary alicyclic amines) is 3. The SMILES string of the molecule is [C-]#[N+]c1cc(Cl)cc2c1C[C@H](N1CCCCC1)[C@H]2Oc1ccc(S(=O)(=O)N[C@@H]2CCN(CCOCCNC(=O)NCCCCCC(=O)CCCOCCN3CC[C@@H](CS(=O)(=O)c4ccc(O[C@H]5c6cc(Cl)cc(C#N)c6C[C@@H]5N5CCNCC5)c(F)c4)C3)C2)cc1F. The van der Waals surface area contributed by atoms with E-state index in [1.165, 1.54) is 24.3 Å². The Bertz CT molecular complexity index is 3320. The molecule has 0 unspecified atom stereocenters. The van der Waals surface area contributed by atoms with E-state index in [2.05, 4.69) is 51.2 Å². The molecular weight excluding hydrogens is 1270 g/mol. The highest BCUT2D eigenvalue weighted by atomic mass is 35.5. The summed E-state index contributed by atoms with van der Waals surface area (Å²) < 4.78 is 113. The Morgan fingerprint density at radius 3 is 1.99 bits per heavy atom. The molecule has 6 aliphatic rings. The second kappa shape index (κ2) is 32.7. The lowest BCUT2D eigenvalue weighted by molar-refractivity contribution is -0.119. The molecule has 4 aliphatic heterocycles. The fraction of sp³-hybridized carbons (Fsp3) is 0.576. The number of ketones is 1. The van der Waals surface area contributed by atoms with Gasteiger partial charge in [-0.25, -0.2) is 40.0 Å². The molecule has 0 saturated carbocycles. The third kappa shape index (κ3) is 18.2. The van der Waals surface area contributed by atoms with Gasteiger partial charge >= 0.3 is 6.03 Å². The largest absolute Gasteiger partial charge is 0.481 e. The van der Waals surface area contributed by atoms with E-state index in [0.29, 0.717) is 138 Å². The number of nitrogens with zero attached hydrogens (tertiary/aromatic N) is 6. The van der Waals surface area contributed by atoms with Gasteiger partial charge in [0.05, 0.1) is 65.7 Å². The van der Waals surface area contributed by atoms with Gasteiger partial charge in [-0.1, -0.05) is 36.0 Å². The number of halogens is 4. The minimum absolute atomic E-state index is 0.0601. The first-order chi connectivity index (χ1) is 44.4. The number of sulfone groups is 1. The van der Waals surface area contributed by atoms with E-state index in [4.69, 9.17) is 48.7 Å². The van der Waals surface area contributed by atoms with Gasteiger partial charge in [0, 0.05) is 101 Å². The smallest absolute Gasteiger partial charge is 0.314 e. The zero-order chi connectivity index (χ0) is 64.8. The Hall–Kier alpha value is -5.58. The number of urea groups is 1. The van der Waals surface area contributed by atoms with Crippen LogP contribution in [0.25, 0.3) is 4.85 Å². The third-order valence-electron chi connectivity index (χ3n) is 18.5. The highest BCUT2D eigenvalue weighted by molar-refractivity contribution is 7.91. The van der Waals surface area contributed by atoms with Crippen molar-refractivity contribution in [2.24, 2.45) is 5.92 Å². The molecule has 0 aromatic heterocycles. The van der Waals surface area contributed by atoms with Crippen LogP contribution in [0.3, 0.4) is 0 Å². The van der Waals surface area contributed by atoms with Gasteiger partial charge in [0.2, 0.25) is 10.0 Å². The zero-order valence-corrected chi connectivity index (χ0v) is 55.1. The lowest BCUT2D eigenvalue weighted by Gasteiger charge is -2.36. The number of hydrogen-bond donors (Lipinski definition) is 4. The van der Waals surface area contributed by atoms with E-state index in [1.807, 2.05) is 0 Å². The molecule has 2 aliphatic carbocycles. The first-order valence-corrected chi connectivity index (χ1v) is 36.3. The molecule has 4 fully saturated rings. The zero-order valence-electron chi connectivity index (χ0n) is 52.0. The molecule has 6 atom stereocenters. The number of Topliss-reactive ketones (excluding diaryl/α,β-unsaturated/α-hetero) is 1. The summed E-state index contributed by atoms with van der Waals surface area (Å²) in [4.78, 5) is 37.2. The molecule has 10 rings (SSSR count). The Morgan fingerprint density at radius 2 is 1.29 bits per heavy atom. The van der Waals surface area contributed by atoms with Crippen LogP contribution in [0.4, 0.5) is 19.3 Å². The summed E-state index contributed by atoms with van der Waals surface area (Å²) in [7, 11) is -7.86. The summed E-state index contributed by atoms with van der Waals surface area (Å²) in [6, 6.07) is 15.7. The van der Waals surface area contributed by atoms with Crippen LogP contribution in [0.1, 0.15) is 111 Å². The number of nitriles is 1. The van der Waals surface area contributed by atoms with Crippen LogP contribution in [0, 0.1) is 35.5 Å². The van der Waals surface area contributed by atoms with Crippen molar-refractivity contribution in [3.63, 3.8) is 0 Å². The van der Waals surface area contributed by atoms with Gasteiger partial charge in [0.15, 0.2) is 38.7 Å². The number of amides is 2. The minimum Gasteiger partial charge on any atom is -0.481 e. The Labute approximate surface area is 549 Å². The van der Waals surface area contributed by atoms with E-state index in [9.17, 15) is 31.7 Å². The standard InChI is InChI=1S/C66H84Cl2F2N10O10S2/c1-72-59-36-48(68)35-56-54(59)40-61(79-21-6-3-7-22-79)65(56)90-63-14-12-52(38-58(63)70)92(85,86)76-49-16-24-78(43-49)28-32-88-30-20-75-66(82)74-17-5-2-4-9-50(81)10-8-29-87-31-27-77-23-15-45(42-77)44-91(83,84)51-11-13-62(57(69)37-51)89-64-55-34-47(67)33-46(41-71)53(55)39-60(64)80-25-18-73-19-26-80/h11-14,33-38,45,49,60-61,64-65,73,76H,2-10,15-32,39-40,42-44H2,(H2,74,75,82)/t45-,49-,60+,61+,64+,65+/m1/s1. The van der Waals surface area contributed by atoms with Crippen LogP contribution in [0.5, 0.6) is 11.5 Å². The van der Waals surface area contributed by atoms with Crippen molar-refractivity contribution in [2.75, 3.05) is 124 Å². The lowest BCUT2D eigenvalue weighted by atomic mass is 10.0. The van der Waals surface area contributed by atoms with E-state index < -0.39 is 43.7 Å². The number of unbranched alkanes of at least 4 members (excludes halogenated alkanes) is 2. The van der Waals surface area contributed by atoms with Crippen molar-refractivity contribution in [2.45, 2.75) is 124 Å². The summed E-state index contributed by atoms with van der Waals surface area (Å²) in [5.74, 6) is -1.76. The number of carbonyl (C=O) groups is 2. The van der Waals surface area contributed by atoms with Crippen molar-refractivity contribution in [3.8, 4) is 17.6 Å². The first kappa shape index (κ1) is 69.3. The number of hydrogen-bond acceptors (Lipinski definition) is 16.